The number of benzene rings is 1. The number of aromatic nitrogens is 1. The van der Waals surface area contributed by atoms with Gasteiger partial charge >= 0.3 is 0 Å². The van der Waals surface area contributed by atoms with Crippen LogP contribution >= 0.6 is 11.6 Å². The van der Waals surface area contributed by atoms with Gasteiger partial charge in [-0.1, -0.05) is 38.4 Å². The largest absolute Gasteiger partial charge is 0.357 e. The van der Waals surface area contributed by atoms with Crippen LogP contribution in [0.4, 0.5) is 0 Å². The molecule has 1 aromatic carbocycles. The predicted octanol–water partition coefficient (Wildman–Crippen LogP) is 3.79. The minimum atomic E-state index is -0.0968. The number of H-pyrrole nitrogens is 1. The molecule has 1 aromatic heterocycles. The molecule has 2 aromatic rings. The fourth-order valence-electron chi connectivity index (χ4n) is 1.90. The molecule has 0 amide bonds. The normalized spacial score (nSPS) is 12.1. The number of hydrogen-bond acceptors (Lipinski definition) is 1. The molecule has 3 heteroatoms. The van der Waals surface area contributed by atoms with E-state index in [1.807, 2.05) is 19.1 Å². The Morgan fingerprint density at radius 3 is 2.47 bits per heavy atom. The maximum atomic E-state index is 12.1. The van der Waals surface area contributed by atoms with Crippen molar-refractivity contribution in [3.05, 3.63) is 44.7 Å². The molecule has 0 bridgehead atoms. The van der Waals surface area contributed by atoms with E-state index in [2.05, 4.69) is 25.8 Å². The summed E-state index contributed by atoms with van der Waals surface area (Å²) in [5.41, 5.74) is 2.53. The third kappa shape index (κ3) is 2.09. The molecule has 2 rings (SSSR count). The first-order valence-electron chi connectivity index (χ1n) is 5.63. The van der Waals surface area contributed by atoms with Crippen LogP contribution in [-0.4, -0.2) is 4.98 Å². The van der Waals surface area contributed by atoms with E-state index in [1.54, 1.807) is 6.07 Å². The predicted molar refractivity (Wildman–Crippen MR) is 73.0 cm³/mol. The van der Waals surface area contributed by atoms with Gasteiger partial charge in [0.15, 0.2) is 5.43 Å². The van der Waals surface area contributed by atoms with E-state index in [9.17, 15) is 4.79 Å². The second kappa shape index (κ2) is 3.88. The number of aromatic amines is 1. The Labute approximate surface area is 106 Å². The summed E-state index contributed by atoms with van der Waals surface area (Å²) in [7, 11) is 0. The lowest BCUT2D eigenvalue weighted by atomic mass is 9.91. The van der Waals surface area contributed by atoms with Gasteiger partial charge in [-0.15, -0.1) is 0 Å². The molecule has 0 aliphatic carbocycles. The zero-order valence-corrected chi connectivity index (χ0v) is 11.3. The van der Waals surface area contributed by atoms with Gasteiger partial charge in [0.05, 0.1) is 10.5 Å². The quantitative estimate of drug-likeness (QED) is 0.757. The van der Waals surface area contributed by atoms with Crippen molar-refractivity contribution in [2.45, 2.75) is 33.1 Å². The summed E-state index contributed by atoms with van der Waals surface area (Å²) in [4.78, 5) is 15.4. The van der Waals surface area contributed by atoms with Crippen LogP contribution in [0.1, 0.15) is 32.0 Å². The Balaban J connectivity index is 2.92. The van der Waals surface area contributed by atoms with Gasteiger partial charge in [-0.3, -0.25) is 4.79 Å². The topological polar surface area (TPSA) is 32.9 Å². The fraction of sp³-hybridized carbons (Fsp3) is 0.357. The van der Waals surface area contributed by atoms with E-state index < -0.39 is 0 Å². The van der Waals surface area contributed by atoms with Crippen molar-refractivity contribution in [2.75, 3.05) is 0 Å². The van der Waals surface area contributed by atoms with E-state index in [0.29, 0.717) is 10.4 Å². The van der Waals surface area contributed by atoms with E-state index >= 15 is 0 Å². The maximum absolute atomic E-state index is 12.1. The Morgan fingerprint density at radius 1 is 1.24 bits per heavy atom. The molecule has 0 spiro atoms. The van der Waals surface area contributed by atoms with Crippen LogP contribution in [0.15, 0.2) is 23.0 Å². The summed E-state index contributed by atoms with van der Waals surface area (Å²) < 4.78 is 0. The third-order valence-electron chi connectivity index (χ3n) is 2.95. The Bertz CT molecular complexity index is 635. The second-order valence-electron chi connectivity index (χ2n) is 5.41. The highest BCUT2D eigenvalue weighted by molar-refractivity contribution is 6.35. The summed E-state index contributed by atoms with van der Waals surface area (Å²) in [5.74, 6) is 0. The van der Waals surface area contributed by atoms with Crippen LogP contribution in [0.5, 0.6) is 0 Å². The number of nitrogens with one attached hydrogen (secondary N) is 1. The van der Waals surface area contributed by atoms with Crippen molar-refractivity contribution in [3.8, 4) is 0 Å². The standard InChI is InChI=1S/C14H16ClNO/c1-8-5-6-9(15)13-12(8)10(17)7-11(16-13)14(2,3)4/h5-7H,1-4H3,(H,16,17). The van der Waals surface area contributed by atoms with Gasteiger partial charge in [0.1, 0.15) is 0 Å². The number of aryl methyl sites for hydroxylation is 1. The molecule has 0 unspecified atom stereocenters. The van der Waals surface area contributed by atoms with Gasteiger partial charge in [-0.2, -0.15) is 0 Å². The molecule has 0 saturated carbocycles. The van der Waals surface area contributed by atoms with Crippen LogP contribution in [-0.2, 0) is 5.41 Å². The maximum Gasteiger partial charge on any atom is 0.189 e. The molecule has 1 N–H and O–H groups in total. The first-order chi connectivity index (χ1) is 7.80. The lowest BCUT2D eigenvalue weighted by molar-refractivity contribution is 0.571. The van der Waals surface area contributed by atoms with Crippen molar-refractivity contribution in [3.63, 3.8) is 0 Å². The summed E-state index contributed by atoms with van der Waals surface area (Å²) in [6, 6.07) is 5.37. The first-order valence-corrected chi connectivity index (χ1v) is 6.01. The molecule has 0 saturated heterocycles. The molecule has 0 atom stereocenters. The Hall–Kier alpha value is -1.28. The number of hydrogen-bond donors (Lipinski definition) is 1. The molecule has 0 aliphatic heterocycles. The van der Waals surface area contributed by atoms with Gasteiger partial charge in [0, 0.05) is 22.6 Å². The average Bonchev–Trinajstić information content (AvgIpc) is 2.21. The van der Waals surface area contributed by atoms with Crippen molar-refractivity contribution in [1.29, 1.82) is 0 Å². The molecule has 0 fully saturated rings. The zero-order valence-electron chi connectivity index (χ0n) is 10.5. The van der Waals surface area contributed by atoms with Crippen LogP contribution in [0.2, 0.25) is 5.02 Å². The van der Waals surface area contributed by atoms with Gasteiger partial charge in [-0.25, -0.2) is 0 Å². The Kier molecular flexibility index (Phi) is 2.78. The minimum Gasteiger partial charge on any atom is -0.357 e. The average molecular weight is 250 g/mol. The minimum absolute atomic E-state index is 0.0312. The number of rotatable bonds is 0. The highest BCUT2D eigenvalue weighted by atomic mass is 35.5. The van der Waals surface area contributed by atoms with Crippen LogP contribution in [0.3, 0.4) is 0 Å². The number of halogens is 1. The van der Waals surface area contributed by atoms with Crippen molar-refractivity contribution < 1.29 is 0 Å². The highest BCUT2D eigenvalue weighted by Crippen LogP contribution is 2.26. The summed E-state index contributed by atoms with van der Waals surface area (Å²) in [6.07, 6.45) is 0. The van der Waals surface area contributed by atoms with Crippen molar-refractivity contribution in [1.82, 2.24) is 4.98 Å². The van der Waals surface area contributed by atoms with Gasteiger partial charge in [0.2, 0.25) is 0 Å². The van der Waals surface area contributed by atoms with E-state index in [1.165, 1.54) is 0 Å². The summed E-state index contributed by atoms with van der Waals surface area (Å²) in [6.45, 7) is 8.11. The highest BCUT2D eigenvalue weighted by Gasteiger charge is 2.17. The smallest absolute Gasteiger partial charge is 0.189 e. The molecular weight excluding hydrogens is 234 g/mol. The fourth-order valence-corrected chi connectivity index (χ4v) is 2.10. The van der Waals surface area contributed by atoms with Crippen molar-refractivity contribution >= 4 is 22.5 Å². The molecule has 0 aliphatic rings. The third-order valence-corrected chi connectivity index (χ3v) is 3.27. The Morgan fingerprint density at radius 2 is 1.88 bits per heavy atom. The SMILES string of the molecule is Cc1ccc(Cl)c2[nH]c(C(C)(C)C)cc(=O)c12. The van der Waals surface area contributed by atoms with E-state index in [0.717, 1.165) is 16.8 Å². The van der Waals surface area contributed by atoms with Crippen LogP contribution < -0.4 is 5.43 Å². The molecule has 2 nitrogen and oxygen atoms in total. The monoisotopic (exact) mass is 249 g/mol. The summed E-state index contributed by atoms with van der Waals surface area (Å²) >= 11 is 6.15. The zero-order chi connectivity index (χ0) is 12.8. The van der Waals surface area contributed by atoms with E-state index in [-0.39, 0.29) is 10.8 Å². The molecule has 90 valence electrons. The van der Waals surface area contributed by atoms with Gasteiger partial charge < -0.3 is 4.98 Å². The van der Waals surface area contributed by atoms with Gasteiger partial charge in [0.25, 0.3) is 0 Å². The summed E-state index contributed by atoms with van der Waals surface area (Å²) in [5, 5.41) is 1.28. The molecule has 17 heavy (non-hydrogen) atoms. The van der Waals surface area contributed by atoms with Gasteiger partial charge in [-0.05, 0) is 18.6 Å². The van der Waals surface area contributed by atoms with Crippen LogP contribution in [0.25, 0.3) is 10.9 Å². The second-order valence-corrected chi connectivity index (χ2v) is 5.82. The lowest BCUT2D eigenvalue weighted by Crippen LogP contribution is -2.18. The number of fused-ring (bicyclic) bond motifs is 1. The van der Waals surface area contributed by atoms with Crippen molar-refractivity contribution in [2.24, 2.45) is 0 Å². The molecular formula is C14H16ClNO. The molecule has 0 radical (unpaired) electrons. The van der Waals surface area contributed by atoms with E-state index in [4.69, 9.17) is 11.6 Å². The molecule has 1 heterocycles. The first kappa shape index (κ1) is 12.2. The number of pyridine rings is 1. The van der Waals surface area contributed by atoms with Crippen LogP contribution in [0, 0.1) is 6.92 Å². The lowest BCUT2D eigenvalue weighted by Gasteiger charge is -2.19.